The van der Waals surface area contributed by atoms with Crippen molar-refractivity contribution in [3.63, 3.8) is 0 Å². The number of sulfone groups is 1. The summed E-state index contributed by atoms with van der Waals surface area (Å²) in [6.07, 6.45) is 1.94. The average molecular weight is 265 g/mol. The van der Waals surface area contributed by atoms with E-state index in [-0.39, 0.29) is 16.1 Å². The van der Waals surface area contributed by atoms with E-state index >= 15 is 0 Å². The minimum Gasteiger partial charge on any atom is -0.495 e. The number of hydrogen-bond donors (Lipinski definition) is 0. The zero-order valence-corrected chi connectivity index (χ0v) is 11.0. The van der Waals surface area contributed by atoms with Crippen molar-refractivity contribution in [3.05, 3.63) is 24.3 Å². The van der Waals surface area contributed by atoms with Crippen LogP contribution >= 0.6 is 0 Å². The summed E-state index contributed by atoms with van der Waals surface area (Å²) in [7, 11) is -1.94. The van der Waals surface area contributed by atoms with E-state index in [1.165, 1.54) is 7.11 Å². The molecule has 1 fully saturated rings. The maximum Gasteiger partial charge on any atom is 0.182 e. The fourth-order valence-electron chi connectivity index (χ4n) is 2.07. The predicted molar refractivity (Wildman–Crippen MR) is 66.9 cm³/mol. The molecule has 0 N–H and O–H groups in total. The van der Waals surface area contributed by atoms with Crippen LogP contribution in [0.5, 0.6) is 5.75 Å². The number of benzene rings is 1. The molecule has 1 aromatic rings. The minimum absolute atomic E-state index is 0.0356. The van der Waals surface area contributed by atoms with E-state index in [9.17, 15) is 8.42 Å². The Morgan fingerprint density at radius 1 is 1.39 bits per heavy atom. The Balaban J connectivity index is 2.29. The SMILES string of the molecule is COc1ccccc1S(=O)(=O)CC1(CC#N)CC1. The molecule has 0 radical (unpaired) electrons. The average Bonchev–Trinajstić information content (AvgIpc) is 3.08. The maximum absolute atomic E-state index is 12.4. The van der Waals surface area contributed by atoms with E-state index in [2.05, 4.69) is 6.07 Å². The van der Waals surface area contributed by atoms with Crippen LogP contribution < -0.4 is 4.74 Å². The molecule has 0 unspecified atom stereocenters. The fraction of sp³-hybridized carbons (Fsp3) is 0.462. The highest BCUT2D eigenvalue weighted by Crippen LogP contribution is 2.50. The molecule has 0 atom stereocenters. The van der Waals surface area contributed by atoms with Gasteiger partial charge >= 0.3 is 0 Å². The fourth-order valence-corrected chi connectivity index (χ4v) is 4.17. The monoisotopic (exact) mass is 265 g/mol. The molecule has 0 bridgehead atoms. The normalized spacial score (nSPS) is 16.9. The molecular formula is C13H15NO3S. The molecule has 0 saturated heterocycles. The van der Waals surface area contributed by atoms with E-state index in [4.69, 9.17) is 10.00 Å². The van der Waals surface area contributed by atoms with Crippen molar-refractivity contribution in [3.8, 4) is 11.8 Å². The number of rotatable bonds is 5. The quantitative estimate of drug-likeness (QED) is 0.818. The molecule has 1 aliphatic carbocycles. The first-order valence-electron chi connectivity index (χ1n) is 5.76. The summed E-state index contributed by atoms with van der Waals surface area (Å²) in [5.74, 6) is 0.402. The molecular weight excluding hydrogens is 250 g/mol. The van der Waals surface area contributed by atoms with Gasteiger partial charge in [0.05, 0.1) is 18.9 Å². The number of nitriles is 1. The van der Waals surface area contributed by atoms with E-state index in [1.807, 2.05) is 0 Å². The lowest BCUT2D eigenvalue weighted by Gasteiger charge is -2.13. The molecule has 0 amide bonds. The van der Waals surface area contributed by atoms with Crippen molar-refractivity contribution < 1.29 is 13.2 Å². The number of ether oxygens (including phenoxy) is 1. The maximum atomic E-state index is 12.4. The summed E-state index contributed by atoms with van der Waals surface area (Å²) in [5, 5.41) is 8.74. The number of methoxy groups -OCH3 is 1. The zero-order chi connectivity index (χ0) is 13.2. The lowest BCUT2D eigenvalue weighted by atomic mass is 10.1. The first kappa shape index (κ1) is 12.9. The molecule has 96 valence electrons. The lowest BCUT2D eigenvalue weighted by molar-refractivity contribution is 0.402. The van der Waals surface area contributed by atoms with Crippen LogP contribution in [0.3, 0.4) is 0 Å². The number of nitrogens with zero attached hydrogens (tertiary/aromatic N) is 1. The van der Waals surface area contributed by atoms with Gasteiger partial charge < -0.3 is 4.74 Å². The van der Waals surface area contributed by atoms with Gasteiger partial charge in [0, 0.05) is 6.42 Å². The molecule has 2 rings (SSSR count). The van der Waals surface area contributed by atoms with Gasteiger partial charge in [-0.15, -0.1) is 0 Å². The molecule has 18 heavy (non-hydrogen) atoms. The van der Waals surface area contributed by atoms with Gasteiger partial charge in [-0.1, -0.05) is 12.1 Å². The Bertz CT molecular complexity index is 582. The molecule has 0 aliphatic heterocycles. The second kappa shape index (κ2) is 4.62. The van der Waals surface area contributed by atoms with Gasteiger partial charge in [-0.3, -0.25) is 0 Å². The van der Waals surface area contributed by atoms with E-state index in [0.29, 0.717) is 12.2 Å². The third-order valence-corrected chi connectivity index (χ3v) is 5.31. The lowest BCUT2D eigenvalue weighted by Crippen LogP contribution is -2.17. The second-order valence-corrected chi connectivity index (χ2v) is 6.70. The van der Waals surface area contributed by atoms with E-state index in [0.717, 1.165) is 12.8 Å². The highest BCUT2D eigenvalue weighted by Gasteiger charge is 2.46. The highest BCUT2D eigenvalue weighted by molar-refractivity contribution is 7.91. The van der Waals surface area contributed by atoms with Crippen molar-refractivity contribution in [1.29, 1.82) is 5.26 Å². The first-order valence-corrected chi connectivity index (χ1v) is 7.41. The van der Waals surface area contributed by atoms with Crippen molar-refractivity contribution in [1.82, 2.24) is 0 Å². The van der Waals surface area contributed by atoms with Crippen LogP contribution in [-0.4, -0.2) is 21.3 Å². The van der Waals surface area contributed by atoms with Crippen LogP contribution in [0.2, 0.25) is 0 Å². The van der Waals surface area contributed by atoms with Crippen molar-refractivity contribution in [2.24, 2.45) is 5.41 Å². The van der Waals surface area contributed by atoms with Gasteiger partial charge in [-0.25, -0.2) is 8.42 Å². The summed E-state index contributed by atoms with van der Waals surface area (Å²) < 4.78 is 29.8. The summed E-state index contributed by atoms with van der Waals surface area (Å²) >= 11 is 0. The van der Waals surface area contributed by atoms with Crippen LogP contribution in [-0.2, 0) is 9.84 Å². The van der Waals surface area contributed by atoms with E-state index < -0.39 is 9.84 Å². The Labute approximate surface area is 107 Å². The van der Waals surface area contributed by atoms with E-state index in [1.54, 1.807) is 24.3 Å². The topological polar surface area (TPSA) is 67.2 Å². The van der Waals surface area contributed by atoms with Gasteiger partial charge in [0.25, 0.3) is 0 Å². The molecule has 0 heterocycles. The predicted octanol–water partition coefficient (Wildman–Crippen LogP) is 2.16. The number of para-hydroxylation sites is 1. The number of hydrogen-bond acceptors (Lipinski definition) is 4. The molecule has 4 nitrogen and oxygen atoms in total. The van der Waals surface area contributed by atoms with Crippen molar-refractivity contribution in [2.75, 3.05) is 12.9 Å². The van der Waals surface area contributed by atoms with Gasteiger partial charge in [0.15, 0.2) is 9.84 Å². The van der Waals surface area contributed by atoms with Crippen LogP contribution in [0.1, 0.15) is 19.3 Å². The molecule has 0 spiro atoms. The first-order chi connectivity index (χ1) is 8.53. The Morgan fingerprint density at radius 3 is 2.61 bits per heavy atom. The van der Waals surface area contributed by atoms with Crippen LogP contribution in [0.15, 0.2) is 29.2 Å². The molecule has 1 saturated carbocycles. The third kappa shape index (κ3) is 2.49. The largest absolute Gasteiger partial charge is 0.495 e. The minimum atomic E-state index is -3.40. The molecule has 0 aromatic heterocycles. The third-order valence-electron chi connectivity index (χ3n) is 3.31. The summed E-state index contributed by atoms with van der Waals surface area (Å²) in [5.41, 5.74) is -0.325. The van der Waals surface area contributed by atoms with Gasteiger partial charge in [0.2, 0.25) is 0 Å². The van der Waals surface area contributed by atoms with Gasteiger partial charge in [-0.05, 0) is 30.4 Å². The second-order valence-electron chi connectivity index (χ2n) is 4.74. The van der Waals surface area contributed by atoms with Gasteiger partial charge in [-0.2, -0.15) is 5.26 Å². The van der Waals surface area contributed by atoms with Gasteiger partial charge in [0.1, 0.15) is 10.6 Å². The van der Waals surface area contributed by atoms with Crippen LogP contribution in [0.25, 0.3) is 0 Å². The molecule has 5 heteroatoms. The summed E-state index contributed by atoms with van der Waals surface area (Å²) in [6, 6.07) is 8.68. The molecule has 1 aromatic carbocycles. The Kier molecular flexibility index (Phi) is 3.31. The van der Waals surface area contributed by atoms with Crippen LogP contribution in [0.4, 0.5) is 0 Å². The molecule has 1 aliphatic rings. The zero-order valence-electron chi connectivity index (χ0n) is 10.2. The highest BCUT2D eigenvalue weighted by atomic mass is 32.2. The smallest absolute Gasteiger partial charge is 0.182 e. The Hall–Kier alpha value is -1.54. The van der Waals surface area contributed by atoms with Crippen LogP contribution in [0, 0.1) is 16.7 Å². The summed E-state index contributed by atoms with van der Waals surface area (Å²) in [6.45, 7) is 0. The van der Waals surface area contributed by atoms with Crippen molar-refractivity contribution in [2.45, 2.75) is 24.2 Å². The Morgan fingerprint density at radius 2 is 2.06 bits per heavy atom. The van der Waals surface area contributed by atoms with Crippen molar-refractivity contribution >= 4 is 9.84 Å². The standard InChI is InChI=1S/C13H15NO3S/c1-17-11-4-2-3-5-12(11)18(15,16)10-13(6-7-13)8-9-14/h2-5H,6-8,10H2,1H3. The summed E-state index contributed by atoms with van der Waals surface area (Å²) in [4.78, 5) is 0.219.